The number of hydrogen-bond acceptors (Lipinski definition) is 1. The topological polar surface area (TPSA) is 9.23 Å². The van der Waals surface area contributed by atoms with E-state index in [2.05, 4.69) is 54.5 Å². The van der Waals surface area contributed by atoms with E-state index in [-0.39, 0.29) is 0 Å². The van der Waals surface area contributed by atoms with Crippen LogP contribution in [-0.4, -0.2) is 12.7 Å². The summed E-state index contributed by atoms with van der Waals surface area (Å²) in [6.07, 6.45) is 8.52. The Morgan fingerprint density at radius 2 is 1.71 bits per heavy atom. The maximum Gasteiger partial charge on any atom is 0.0760 e. The molecule has 0 aromatic rings. The minimum atomic E-state index is 0.340. The molecule has 0 bridgehead atoms. The molecule has 0 radical (unpaired) electrons. The summed E-state index contributed by atoms with van der Waals surface area (Å²) in [6, 6.07) is 0. The molecule has 3 aliphatic rings. The second-order valence-electron chi connectivity index (χ2n) is 9.99. The third-order valence-electron chi connectivity index (χ3n) is 8.68. The molecule has 1 heteroatoms. The molecule has 138 valence electrons. The minimum Gasteiger partial charge on any atom is -0.374 e. The molecule has 1 heterocycles. The van der Waals surface area contributed by atoms with Crippen LogP contribution in [0.3, 0.4) is 0 Å². The van der Waals surface area contributed by atoms with Crippen LogP contribution in [0.4, 0.5) is 0 Å². The summed E-state index contributed by atoms with van der Waals surface area (Å²) in [4.78, 5) is 0. The molecule has 0 N–H and O–H groups in total. The van der Waals surface area contributed by atoms with Gasteiger partial charge in [-0.3, -0.25) is 0 Å². The van der Waals surface area contributed by atoms with Crippen molar-refractivity contribution < 1.29 is 4.74 Å². The van der Waals surface area contributed by atoms with Crippen LogP contribution in [-0.2, 0) is 4.74 Å². The lowest BCUT2D eigenvalue weighted by Gasteiger charge is -2.59. The Balaban J connectivity index is 1.84. The largest absolute Gasteiger partial charge is 0.374 e. The zero-order valence-corrected chi connectivity index (χ0v) is 17.1. The van der Waals surface area contributed by atoms with Gasteiger partial charge >= 0.3 is 0 Å². The molecule has 0 amide bonds. The molecular formula is C23H40O. The van der Waals surface area contributed by atoms with Gasteiger partial charge in [0, 0.05) is 5.92 Å². The van der Waals surface area contributed by atoms with Crippen molar-refractivity contribution in [3.05, 3.63) is 11.6 Å². The van der Waals surface area contributed by atoms with Crippen LogP contribution in [0.2, 0.25) is 0 Å². The lowest BCUT2D eigenvalue weighted by Crippen LogP contribution is -2.51. The van der Waals surface area contributed by atoms with Crippen molar-refractivity contribution in [2.75, 3.05) is 6.61 Å². The van der Waals surface area contributed by atoms with Crippen molar-refractivity contribution in [1.82, 2.24) is 0 Å². The summed E-state index contributed by atoms with van der Waals surface area (Å²) in [5.74, 6) is 5.90. The Hall–Kier alpha value is -0.300. The van der Waals surface area contributed by atoms with Gasteiger partial charge in [-0.15, -0.1) is 0 Å². The molecule has 0 spiro atoms. The van der Waals surface area contributed by atoms with Gasteiger partial charge < -0.3 is 4.74 Å². The summed E-state index contributed by atoms with van der Waals surface area (Å²) < 4.78 is 5.86. The molecule has 0 aromatic heterocycles. The van der Waals surface area contributed by atoms with Gasteiger partial charge in [0.1, 0.15) is 0 Å². The highest BCUT2D eigenvalue weighted by molar-refractivity contribution is 5.16. The van der Waals surface area contributed by atoms with Crippen molar-refractivity contribution in [1.29, 1.82) is 0 Å². The number of hydrogen-bond donors (Lipinski definition) is 0. The lowest BCUT2D eigenvalue weighted by atomic mass is 9.46. The maximum absolute atomic E-state index is 5.86. The van der Waals surface area contributed by atoms with Crippen LogP contribution < -0.4 is 0 Å². The smallest absolute Gasteiger partial charge is 0.0760 e. The van der Waals surface area contributed by atoms with Crippen molar-refractivity contribution in [3.8, 4) is 0 Å². The van der Waals surface area contributed by atoms with Gasteiger partial charge in [0.2, 0.25) is 0 Å². The first-order chi connectivity index (χ1) is 11.3. The summed E-state index contributed by atoms with van der Waals surface area (Å²) in [6.45, 7) is 18.2. The van der Waals surface area contributed by atoms with Crippen LogP contribution in [0.15, 0.2) is 11.6 Å². The number of rotatable bonds is 2. The van der Waals surface area contributed by atoms with Crippen LogP contribution >= 0.6 is 0 Å². The highest BCUT2D eigenvalue weighted by atomic mass is 16.5. The molecule has 2 aliphatic carbocycles. The van der Waals surface area contributed by atoms with Crippen LogP contribution in [0.5, 0.6) is 0 Å². The summed E-state index contributed by atoms with van der Waals surface area (Å²) in [7, 11) is 0. The van der Waals surface area contributed by atoms with Gasteiger partial charge in [-0.25, -0.2) is 0 Å². The fourth-order valence-electron chi connectivity index (χ4n) is 6.84. The average molecular weight is 333 g/mol. The normalized spacial score (nSPS) is 54.0. The van der Waals surface area contributed by atoms with E-state index >= 15 is 0 Å². The van der Waals surface area contributed by atoms with Crippen LogP contribution in [0.1, 0.15) is 74.1 Å². The molecule has 2 saturated carbocycles. The third-order valence-corrected chi connectivity index (χ3v) is 8.68. The van der Waals surface area contributed by atoms with E-state index in [1.165, 1.54) is 25.7 Å². The fourth-order valence-corrected chi connectivity index (χ4v) is 6.84. The van der Waals surface area contributed by atoms with E-state index < -0.39 is 0 Å². The first kappa shape index (κ1) is 18.5. The Morgan fingerprint density at radius 3 is 2.33 bits per heavy atom. The van der Waals surface area contributed by atoms with Gasteiger partial charge in [-0.05, 0) is 72.7 Å². The second-order valence-corrected chi connectivity index (χ2v) is 9.99. The van der Waals surface area contributed by atoms with E-state index in [0.29, 0.717) is 17.4 Å². The lowest BCUT2D eigenvalue weighted by molar-refractivity contribution is -0.0945. The van der Waals surface area contributed by atoms with E-state index in [4.69, 9.17) is 4.74 Å². The molecule has 1 saturated heterocycles. The number of fused-ring (bicyclic) bond motifs is 1. The second kappa shape index (κ2) is 6.78. The molecule has 3 rings (SSSR count). The fraction of sp³-hybridized carbons (Fsp3) is 0.913. The Labute approximate surface area is 150 Å². The van der Waals surface area contributed by atoms with Gasteiger partial charge in [-0.2, -0.15) is 0 Å². The molecule has 0 aromatic carbocycles. The van der Waals surface area contributed by atoms with Crippen molar-refractivity contribution in [2.45, 2.75) is 80.3 Å². The van der Waals surface area contributed by atoms with Crippen molar-refractivity contribution >= 4 is 0 Å². The van der Waals surface area contributed by atoms with E-state index in [9.17, 15) is 0 Å². The highest BCUT2D eigenvalue weighted by Crippen LogP contribution is 2.60. The zero-order chi connectivity index (χ0) is 17.6. The zero-order valence-electron chi connectivity index (χ0n) is 17.1. The predicted octanol–water partition coefficient (Wildman–Crippen LogP) is 6.34. The van der Waals surface area contributed by atoms with Crippen molar-refractivity contribution in [2.24, 2.45) is 46.8 Å². The Morgan fingerprint density at radius 1 is 1.00 bits per heavy atom. The molecule has 9 atom stereocenters. The predicted molar refractivity (Wildman–Crippen MR) is 103 cm³/mol. The van der Waals surface area contributed by atoms with E-state index in [1.807, 2.05) is 0 Å². The van der Waals surface area contributed by atoms with Gasteiger partial charge in [0.05, 0.1) is 12.7 Å². The molecule has 1 aliphatic heterocycles. The molecule has 24 heavy (non-hydrogen) atoms. The molecule has 9 unspecified atom stereocenters. The van der Waals surface area contributed by atoms with Crippen LogP contribution in [0.25, 0.3) is 0 Å². The maximum atomic E-state index is 5.86. The quantitative estimate of drug-likeness (QED) is 0.536. The van der Waals surface area contributed by atoms with Crippen molar-refractivity contribution in [3.63, 3.8) is 0 Å². The first-order valence-corrected chi connectivity index (χ1v) is 10.6. The monoisotopic (exact) mass is 332 g/mol. The molecule has 1 nitrogen and oxygen atoms in total. The van der Waals surface area contributed by atoms with Gasteiger partial charge in [-0.1, -0.05) is 54.0 Å². The Bertz CT molecular complexity index is 468. The summed E-state index contributed by atoms with van der Waals surface area (Å²) in [5.41, 5.74) is 2.10. The van der Waals surface area contributed by atoms with Gasteiger partial charge in [0.25, 0.3) is 0 Å². The minimum absolute atomic E-state index is 0.340. The Kier molecular flexibility index (Phi) is 5.23. The first-order valence-electron chi connectivity index (χ1n) is 10.6. The third kappa shape index (κ3) is 3.00. The SMILES string of the molecule is CC1COC(C)/C1=C/CC1C(C)CCC2C(C)C(C)C(C)CC12C. The highest BCUT2D eigenvalue weighted by Gasteiger charge is 2.53. The number of ether oxygens (including phenoxy) is 1. The van der Waals surface area contributed by atoms with E-state index in [1.54, 1.807) is 5.57 Å². The molecular weight excluding hydrogens is 292 g/mol. The van der Waals surface area contributed by atoms with E-state index in [0.717, 1.165) is 42.1 Å². The van der Waals surface area contributed by atoms with Crippen LogP contribution in [0, 0.1) is 46.8 Å². The van der Waals surface area contributed by atoms with Gasteiger partial charge in [0.15, 0.2) is 0 Å². The standard InChI is InChI=1S/C23H40O/c1-14-8-10-22-18(5)17(4)15(2)12-23(22,7)21(14)11-9-20-16(3)13-24-19(20)6/h9,14-19,21-22H,8,10-13H2,1-7H3/b20-9+. The summed E-state index contributed by atoms with van der Waals surface area (Å²) in [5, 5.41) is 0. The molecule has 3 fully saturated rings. The number of allylic oxidation sites excluding steroid dienone is 1. The average Bonchev–Trinajstić information content (AvgIpc) is 2.83. The summed E-state index contributed by atoms with van der Waals surface area (Å²) >= 11 is 0.